The Hall–Kier alpha value is -0.664. The van der Waals surface area contributed by atoms with Gasteiger partial charge in [-0.05, 0) is 36.1 Å². The van der Waals surface area contributed by atoms with Crippen LogP contribution in [0.3, 0.4) is 0 Å². The summed E-state index contributed by atoms with van der Waals surface area (Å²) in [5, 5.41) is 0. The SMILES string of the molecule is CCCCOCCOCCOCc1cc2c(cc1CCC)OCO2.[Ga]. The van der Waals surface area contributed by atoms with Crippen molar-refractivity contribution in [3.05, 3.63) is 23.3 Å². The molecule has 1 heterocycles. The predicted octanol–water partition coefficient (Wildman–Crippen LogP) is 3.34. The van der Waals surface area contributed by atoms with Crippen LogP contribution in [0.2, 0.25) is 0 Å². The number of ether oxygens (including phenoxy) is 5. The Kier molecular flexibility index (Phi) is 12.1. The molecule has 0 aliphatic carbocycles. The Morgan fingerprint density at radius 2 is 1.40 bits per heavy atom. The Morgan fingerprint density at radius 1 is 0.800 bits per heavy atom. The average Bonchev–Trinajstić information content (AvgIpc) is 3.04. The number of hydrogen-bond acceptors (Lipinski definition) is 5. The van der Waals surface area contributed by atoms with Gasteiger partial charge in [-0.25, -0.2) is 0 Å². The molecule has 1 aliphatic heterocycles. The van der Waals surface area contributed by atoms with E-state index >= 15 is 0 Å². The van der Waals surface area contributed by atoms with Gasteiger partial charge in [0.25, 0.3) is 0 Å². The maximum absolute atomic E-state index is 5.75. The minimum Gasteiger partial charge on any atom is -0.454 e. The molecule has 0 atom stereocenters. The quantitative estimate of drug-likeness (QED) is 0.370. The second-order valence-electron chi connectivity index (χ2n) is 5.86. The third kappa shape index (κ3) is 8.05. The van der Waals surface area contributed by atoms with Crippen molar-refractivity contribution in [2.24, 2.45) is 0 Å². The van der Waals surface area contributed by atoms with Crippen LogP contribution in [-0.4, -0.2) is 59.6 Å². The molecule has 0 unspecified atom stereocenters. The fraction of sp³-hybridized carbons (Fsp3) is 0.684. The normalized spacial score (nSPS) is 12.2. The van der Waals surface area contributed by atoms with Crippen molar-refractivity contribution in [2.45, 2.75) is 46.1 Å². The summed E-state index contributed by atoms with van der Waals surface area (Å²) in [6.45, 7) is 8.47. The van der Waals surface area contributed by atoms with E-state index in [1.165, 1.54) is 11.1 Å². The smallest absolute Gasteiger partial charge is 0.231 e. The molecule has 0 fully saturated rings. The standard InChI is InChI=1S/C19H30O5.Ga/c1-3-5-7-20-8-9-21-10-11-22-14-17-13-19-18(23-15-24-19)12-16(17)6-4-2;/h12-13H,3-11,14-15H2,1-2H3;. The molecular formula is C19H30GaO5. The second kappa shape index (κ2) is 13.5. The van der Waals surface area contributed by atoms with Crippen molar-refractivity contribution in [1.82, 2.24) is 0 Å². The maximum Gasteiger partial charge on any atom is 0.231 e. The van der Waals surface area contributed by atoms with Gasteiger partial charge in [0, 0.05) is 26.4 Å². The zero-order valence-corrected chi connectivity index (χ0v) is 18.0. The summed E-state index contributed by atoms with van der Waals surface area (Å²) in [5.74, 6) is 1.66. The van der Waals surface area contributed by atoms with Crippen LogP contribution >= 0.6 is 0 Å². The molecule has 1 aromatic carbocycles. The minimum absolute atomic E-state index is 0. The number of hydrogen-bond donors (Lipinski definition) is 0. The van der Waals surface area contributed by atoms with Gasteiger partial charge in [-0.2, -0.15) is 0 Å². The summed E-state index contributed by atoms with van der Waals surface area (Å²) in [7, 11) is 0. The molecule has 139 valence electrons. The van der Waals surface area contributed by atoms with Gasteiger partial charge in [0.15, 0.2) is 11.5 Å². The van der Waals surface area contributed by atoms with Gasteiger partial charge in [0.05, 0.1) is 33.0 Å². The first-order valence-electron chi connectivity index (χ1n) is 8.99. The van der Waals surface area contributed by atoms with E-state index in [1.54, 1.807) is 0 Å². The molecule has 0 spiro atoms. The molecule has 0 saturated heterocycles. The first kappa shape index (κ1) is 22.4. The third-order valence-corrected chi connectivity index (χ3v) is 3.86. The fourth-order valence-electron chi connectivity index (χ4n) is 2.53. The van der Waals surface area contributed by atoms with Crippen molar-refractivity contribution >= 4 is 19.8 Å². The summed E-state index contributed by atoms with van der Waals surface area (Å²) < 4.78 is 27.6. The van der Waals surface area contributed by atoms with E-state index in [0.717, 1.165) is 43.8 Å². The van der Waals surface area contributed by atoms with Crippen LogP contribution < -0.4 is 9.47 Å². The van der Waals surface area contributed by atoms with Crippen LogP contribution in [-0.2, 0) is 27.2 Å². The van der Waals surface area contributed by atoms with E-state index in [1.807, 2.05) is 6.07 Å². The van der Waals surface area contributed by atoms with Gasteiger partial charge in [0.2, 0.25) is 6.79 Å². The van der Waals surface area contributed by atoms with Crippen LogP contribution in [0.25, 0.3) is 0 Å². The maximum atomic E-state index is 5.75. The number of benzene rings is 1. The third-order valence-electron chi connectivity index (χ3n) is 3.86. The number of unbranched alkanes of at least 4 members (excludes halogenated alkanes) is 1. The largest absolute Gasteiger partial charge is 0.454 e. The molecule has 1 aromatic rings. The molecule has 25 heavy (non-hydrogen) atoms. The molecule has 0 aromatic heterocycles. The van der Waals surface area contributed by atoms with E-state index in [0.29, 0.717) is 39.8 Å². The van der Waals surface area contributed by atoms with Crippen LogP contribution in [0.1, 0.15) is 44.2 Å². The summed E-state index contributed by atoms with van der Waals surface area (Å²) in [6.07, 6.45) is 4.38. The van der Waals surface area contributed by atoms with Crippen LogP contribution in [0.15, 0.2) is 12.1 Å². The molecule has 6 heteroatoms. The zero-order valence-electron chi connectivity index (χ0n) is 15.6. The average molecular weight is 408 g/mol. The molecular weight excluding hydrogens is 378 g/mol. The van der Waals surface area contributed by atoms with Gasteiger partial charge in [0.1, 0.15) is 0 Å². The monoisotopic (exact) mass is 407 g/mol. The van der Waals surface area contributed by atoms with Crippen LogP contribution in [0.5, 0.6) is 11.5 Å². The summed E-state index contributed by atoms with van der Waals surface area (Å²) in [6, 6.07) is 4.12. The van der Waals surface area contributed by atoms with E-state index in [9.17, 15) is 0 Å². The molecule has 0 saturated carbocycles. The van der Waals surface area contributed by atoms with Gasteiger partial charge < -0.3 is 23.7 Å². The van der Waals surface area contributed by atoms with E-state index in [-0.39, 0.29) is 19.8 Å². The van der Waals surface area contributed by atoms with Gasteiger partial charge in [-0.3, -0.25) is 0 Å². The first-order valence-corrected chi connectivity index (χ1v) is 8.99. The number of aryl methyl sites for hydroxylation is 1. The Morgan fingerprint density at radius 3 is 2.04 bits per heavy atom. The first-order chi connectivity index (χ1) is 11.8. The summed E-state index contributed by atoms with van der Waals surface area (Å²) >= 11 is 0. The zero-order chi connectivity index (χ0) is 17.0. The van der Waals surface area contributed by atoms with Gasteiger partial charge >= 0.3 is 0 Å². The van der Waals surface area contributed by atoms with E-state index in [4.69, 9.17) is 23.7 Å². The van der Waals surface area contributed by atoms with Crippen molar-refractivity contribution in [2.75, 3.05) is 39.8 Å². The summed E-state index contributed by atoms with van der Waals surface area (Å²) in [5.41, 5.74) is 2.44. The molecule has 3 radical (unpaired) electrons. The second-order valence-corrected chi connectivity index (χ2v) is 5.86. The summed E-state index contributed by atoms with van der Waals surface area (Å²) in [4.78, 5) is 0. The number of fused-ring (bicyclic) bond motifs is 1. The minimum atomic E-state index is 0. The van der Waals surface area contributed by atoms with Crippen LogP contribution in [0, 0.1) is 0 Å². The Balaban J connectivity index is 0.00000312. The van der Waals surface area contributed by atoms with E-state index in [2.05, 4.69) is 19.9 Å². The molecule has 0 amide bonds. The van der Waals surface area contributed by atoms with Crippen LogP contribution in [0.4, 0.5) is 0 Å². The molecule has 0 N–H and O–H groups in total. The topological polar surface area (TPSA) is 46.2 Å². The molecule has 0 bridgehead atoms. The predicted molar refractivity (Wildman–Crippen MR) is 98.5 cm³/mol. The van der Waals surface area contributed by atoms with E-state index < -0.39 is 0 Å². The molecule has 5 nitrogen and oxygen atoms in total. The molecule has 2 rings (SSSR count). The number of rotatable bonds is 13. The Labute approximate surface area is 164 Å². The van der Waals surface area contributed by atoms with Crippen molar-refractivity contribution in [3.63, 3.8) is 0 Å². The fourth-order valence-corrected chi connectivity index (χ4v) is 2.53. The van der Waals surface area contributed by atoms with Crippen molar-refractivity contribution in [1.29, 1.82) is 0 Å². The molecule has 1 aliphatic rings. The van der Waals surface area contributed by atoms with Crippen molar-refractivity contribution < 1.29 is 23.7 Å². The van der Waals surface area contributed by atoms with Crippen molar-refractivity contribution in [3.8, 4) is 11.5 Å². The van der Waals surface area contributed by atoms with Gasteiger partial charge in [-0.15, -0.1) is 0 Å². The van der Waals surface area contributed by atoms with Gasteiger partial charge in [-0.1, -0.05) is 26.7 Å². The Bertz CT molecular complexity index is 481.